The maximum Gasteiger partial charge on any atom is 0.290 e. The van der Waals surface area contributed by atoms with Crippen molar-refractivity contribution in [1.82, 2.24) is 5.32 Å². The lowest BCUT2D eigenvalue weighted by Crippen LogP contribution is -2.44. The summed E-state index contributed by atoms with van der Waals surface area (Å²) in [4.78, 5) is 20.6. The van der Waals surface area contributed by atoms with Crippen LogP contribution in [0.1, 0.15) is 15.9 Å². The second-order valence-electron chi connectivity index (χ2n) is 5.31. The maximum atomic E-state index is 12.2. The fraction of sp³-hybridized carbons (Fsp3) is 0.467. The average Bonchev–Trinajstić information content (AvgIpc) is 3.07. The molecule has 1 amide bonds. The average molecular weight is 344 g/mol. The van der Waals surface area contributed by atoms with E-state index in [-0.39, 0.29) is 37.2 Å². The quantitative estimate of drug-likeness (QED) is 0.679. The highest BCUT2D eigenvalue weighted by Gasteiger charge is 2.47. The minimum Gasteiger partial charge on any atom is -0.483 e. The third-order valence-electron chi connectivity index (χ3n) is 3.76. The van der Waals surface area contributed by atoms with Gasteiger partial charge < -0.3 is 25.0 Å². The van der Waals surface area contributed by atoms with Gasteiger partial charge in [0.1, 0.15) is 18.3 Å². The zero-order chi connectivity index (χ0) is 17.0. The monoisotopic (exact) mass is 343 g/mol. The predicted molar refractivity (Wildman–Crippen MR) is 81.6 cm³/mol. The van der Waals surface area contributed by atoms with Crippen LogP contribution in [0.4, 0.5) is 0 Å². The van der Waals surface area contributed by atoms with E-state index in [1.165, 1.54) is 0 Å². The van der Waals surface area contributed by atoms with E-state index in [1.54, 1.807) is 18.2 Å². The van der Waals surface area contributed by atoms with Gasteiger partial charge in [-0.3, -0.25) is 9.59 Å². The molecule has 4 atom stereocenters. The number of nitrogens with one attached hydrogen (secondary N) is 1. The Kier molecular flexibility index (Phi) is 5.95. The fourth-order valence-corrected chi connectivity index (χ4v) is 2.76. The first-order chi connectivity index (χ1) is 11.0. The Labute approximate surface area is 138 Å². The molecule has 2 saturated heterocycles. The summed E-state index contributed by atoms with van der Waals surface area (Å²) in [6.45, 7) is 2.21. The number of carbonyl (C=O) groups is 2. The van der Waals surface area contributed by atoms with Crippen LogP contribution in [0.2, 0.25) is 5.02 Å². The number of amides is 1. The van der Waals surface area contributed by atoms with Crippen molar-refractivity contribution in [3.8, 4) is 0 Å². The molecule has 23 heavy (non-hydrogen) atoms. The lowest BCUT2D eigenvalue weighted by atomic mass is 10.1. The van der Waals surface area contributed by atoms with E-state index in [1.807, 2.05) is 6.92 Å². The number of halogens is 1. The Hall–Kier alpha value is -1.67. The Morgan fingerprint density at radius 1 is 1.35 bits per heavy atom. The molecule has 3 rings (SSSR count). The fourth-order valence-electron chi connectivity index (χ4n) is 2.64. The number of carbonyl (C=O) groups excluding carboxylic acids is 1. The normalized spacial score (nSPS) is 28.5. The van der Waals surface area contributed by atoms with Gasteiger partial charge in [-0.2, -0.15) is 0 Å². The molecule has 0 radical (unpaired) electrons. The molecular weight excluding hydrogens is 326 g/mol. The topological polar surface area (TPSA) is 105 Å². The molecule has 0 saturated carbocycles. The van der Waals surface area contributed by atoms with Gasteiger partial charge in [0, 0.05) is 10.6 Å². The van der Waals surface area contributed by atoms with Crippen molar-refractivity contribution in [3.63, 3.8) is 0 Å². The lowest BCUT2D eigenvalue weighted by molar-refractivity contribution is -0.122. The molecule has 0 spiro atoms. The number of hydrogen-bond acceptors (Lipinski definition) is 5. The number of ether oxygens (including phenoxy) is 2. The van der Waals surface area contributed by atoms with Crippen molar-refractivity contribution in [1.29, 1.82) is 0 Å². The summed E-state index contributed by atoms with van der Waals surface area (Å²) in [6.07, 6.45) is -1.23. The minimum absolute atomic E-state index is 0.191. The summed E-state index contributed by atoms with van der Waals surface area (Å²) in [5.74, 6) is -0.191. The Balaban J connectivity index is 0.000000595. The van der Waals surface area contributed by atoms with E-state index in [4.69, 9.17) is 31.0 Å². The van der Waals surface area contributed by atoms with E-state index >= 15 is 0 Å². The van der Waals surface area contributed by atoms with Crippen LogP contribution in [0.15, 0.2) is 18.2 Å². The smallest absolute Gasteiger partial charge is 0.290 e. The first-order valence-electron chi connectivity index (χ1n) is 7.04. The van der Waals surface area contributed by atoms with Crippen molar-refractivity contribution in [2.24, 2.45) is 0 Å². The van der Waals surface area contributed by atoms with Gasteiger partial charge in [0.15, 0.2) is 0 Å². The zero-order valence-electron chi connectivity index (χ0n) is 12.4. The van der Waals surface area contributed by atoms with Crippen LogP contribution < -0.4 is 5.32 Å². The van der Waals surface area contributed by atoms with Crippen LogP contribution in [0.5, 0.6) is 0 Å². The van der Waals surface area contributed by atoms with Crippen LogP contribution in [0.3, 0.4) is 0 Å². The zero-order valence-corrected chi connectivity index (χ0v) is 13.2. The number of rotatable bonds is 2. The molecule has 1 aromatic rings. The van der Waals surface area contributed by atoms with Crippen LogP contribution in [0, 0.1) is 6.92 Å². The first kappa shape index (κ1) is 17.7. The van der Waals surface area contributed by atoms with Gasteiger partial charge in [-0.1, -0.05) is 11.6 Å². The van der Waals surface area contributed by atoms with Crippen molar-refractivity contribution in [2.45, 2.75) is 31.3 Å². The summed E-state index contributed by atoms with van der Waals surface area (Å²) < 4.78 is 10.9. The molecule has 3 N–H and O–H groups in total. The highest BCUT2D eigenvalue weighted by Crippen LogP contribution is 2.27. The second kappa shape index (κ2) is 7.74. The lowest BCUT2D eigenvalue weighted by Gasteiger charge is -2.17. The molecular formula is C15H18ClNO6. The van der Waals surface area contributed by atoms with Gasteiger partial charge in [0.05, 0.1) is 19.3 Å². The predicted octanol–water partition coefficient (Wildman–Crippen LogP) is 0.606. The van der Waals surface area contributed by atoms with Crippen molar-refractivity contribution >= 4 is 24.0 Å². The molecule has 2 fully saturated rings. The molecule has 2 heterocycles. The van der Waals surface area contributed by atoms with Gasteiger partial charge in [-0.25, -0.2) is 0 Å². The van der Waals surface area contributed by atoms with E-state index in [0.29, 0.717) is 17.2 Å². The molecule has 0 aliphatic carbocycles. The molecule has 126 valence electrons. The maximum absolute atomic E-state index is 12.2. The molecule has 1 aromatic carbocycles. The van der Waals surface area contributed by atoms with E-state index < -0.39 is 6.10 Å². The summed E-state index contributed by atoms with van der Waals surface area (Å²) in [5, 5.41) is 20.1. The van der Waals surface area contributed by atoms with Crippen molar-refractivity contribution in [3.05, 3.63) is 34.3 Å². The minimum atomic E-state index is -0.611. The number of carboxylic acid groups (broad SMARTS) is 1. The summed E-state index contributed by atoms with van der Waals surface area (Å²) in [5.41, 5.74) is 1.40. The number of fused-ring (bicyclic) bond motifs is 1. The number of aliphatic hydroxyl groups is 1. The molecule has 7 nitrogen and oxygen atoms in total. The van der Waals surface area contributed by atoms with Gasteiger partial charge in [-0.05, 0) is 30.7 Å². The van der Waals surface area contributed by atoms with Crippen molar-refractivity contribution in [2.75, 3.05) is 13.2 Å². The van der Waals surface area contributed by atoms with Gasteiger partial charge >= 0.3 is 0 Å². The number of aryl methyl sites for hydroxylation is 1. The third-order valence-corrected chi connectivity index (χ3v) is 4.19. The summed E-state index contributed by atoms with van der Waals surface area (Å²) in [6, 6.07) is 4.90. The third kappa shape index (κ3) is 4.00. The number of hydrogen-bond donors (Lipinski definition) is 3. The molecule has 2 aliphatic heterocycles. The van der Waals surface area contributed by atoms with Crippen LogP contribution in [0.25, 0.3) is 0 Å². The van der Waals surface area contributed by atoms with Gasteiger partial charge in [-0.15, -0.1) is 0 Å². The summed E-state index contributed by atoms with van der Waals surface area (Å²) in [7, 11) is 0. The SMILES string of the molecule is Cc1cc(C(=O)N[C@@H]2CO[C@H]3[C@@H]2OC[C@H]3O)ccc1Cl.O=CO. The van der Waals surface area contributed by atoms with Crippen LogP contribution >= 0.6 is 11.6 Å². The Morgan fingerprint density at radius 3 is 2.65 bits per heavy atom. The van der Waals surface area contributed by atoms with Crippen molar-refractivity contribution < 1.29 is 29.3 Å². The van der Waals surface area contributed by atoms with Crippen LogP contribution in [-0.2, 0) is 14.3 Å². The highest BCUT2D eigenvalue weighted by atomic mass is 35.5. The largest absolute Gasteiger partial charge is 0.483 e. The molecule has 2 aliphatic rings. The Bertz CT molecular complexity index is 581. The van der Waals surface area contributed by atoms with E-state index in [0.717, 1.165) is 5.56 Å². The van der Waals surface area contributed by atoms with E-state index in [9.17, 15) is 9.90 Å². The van der Waals surface area contributed by atoms with Crippen LogP contribution in [-0.4, -0.2) is 60.2 Å². The number of benzene rings is 1. The van der Waals surface area contributed by atoms with Gasteiger partial charge in [0.2, 0.25) is 0 Å². The highest BCUT2D eigenvalue weighted by molar-refractivity contribution is 6.31. The van der Waals surface area contributed by atoms with E-state index in [2.05, 4.69) is 5.32 Å². The Morgan fingerprint density at radius 2 is 2.00 bits per heavy atom. The van der Waals surface area contributed by atoms with Gasteiger partial charge in [0.25, 0.3) is 12.4 Å². The molecule has 0 bridgehead atoms. The summed E-state index contributed by atoms with van der Waals surface area (Å²) >= 11 is 5.95. The standard InChI is InChI=1S/C14H16ClNO4.CH2O2/c1-7-4-8(2-3-9(7)15)14(18)16-10-5-19-13-11(17)6-20-12(10)13;2-1-3/h2-4,10-13,17H,5-6H2,1H3,(H,16,18);1H,(H,2,3)/t10-,11-,12-,13-;/m1./s1. The number of aliphatic hydroxyl groups excluding tert-OH is 1. The molecule has 0 unspecified atom stereocenters. The second-order valence-corrected chi connectivity index (χ2v) is 5.72. The molecule has 0 aromatic heterocycles. The molecule has 8 heteroatoms. The first-order valence-corrected chi connectivity index (χ1v) is 7.42.